The lowest BCUT2D eigenvalue weighted by Gasteiger charge is -2.20. The molecule has 0 saturated heterocycles. The van der Waals surface area contributed by atoms with Crippen LogP contribution >= 0.6 is 0 Å². The summed E-state index contributed by atoms with van der Waals surface area (Å²) in [5, 5.41) is 0.413. The number of aryl methyl sites for hydroxylation is 1. The maximum Gasteiger partial charge on any atom is 0.280 e. The molecule has 2 rings (SSSR count). The SMILES string of the molecule is [2H]C(C)c1nc2ccccc2c(=O)n1NC(=O)C(C)(C)C. The number of carbonyl (C=O) groups excluding carboxylic acids is 1. The van der Waals surface area contributed by atoms with Crippen molar-refractivity contribution >= 4 is 16.8 Å². The lowest BCUT2D eigenvalue weighted by molar-refractivity contribution is -0.124. The van der Waals surface area contributed by atoms with E-state index < -0.39 is 11.8 Å². The molecule has 0 bridgehead atoms. The summed E-state index contributed by atoms with van der Waals surface area (Å²) in [4.78, 5) is 29.0. The molecule has 0 spiro atoms. The zero-order chi connectivity index (χ0) is 15.8. The molecule has 20 heavy (non-hydrogen) atoms. The van der Waals surface area contributed by atoms with Crippen LogP contribution in [0.15, 0.2) is 29.1 Å². The summed E-state index contributed by atoms with van der Waals surface area (Å²) in [7, 11) is 0. The first kappa shape index (κ1) is 12.8. The molecule has 0 aliphatic heterocycles. The van der Waals surface area contributed by atoms with E-state index >= 15 is 0 Å². The number of nitrogens with one attached hydrogen (secondary N) is 1. The molecule has 0 aliphatic rings. The Morgan fingerprint density at radius 2 is 2.05 bits per heavy atom. The smallest absolute Gasteiger partial charge is 0.273 e. The van der Waals surface area contributed by atoms with Crippen LogP contribution in [0.25, 0.3) is 10.9 Å². The number of nitrogens with zero attached hydrogens (tertiary/aromatic N) is 2. The van der Waals surface area contributed by atoms with Crippen LogP contribution in [-0.2, 0) is 11.2 Å². The third kappa shape index (κ3) is 2.57. The fraction of sp³-hybridized carbons (Fsp3) is 0.400. The van der Waals surface area contributed by atoms with Crippen LogP contribution in [0.5, 0.6) is 0 Å². The largest absolute Gasteiger partial charge is 0.280 e. The van der Waals surface area contributed by atoms with Gasteiger partial charge in [-0.3, -0.25) is 15.0 Å². The Morgan fingerprint density at radius 1 is 1.40 bits per heavy atom. The highest BCUT2D eigenvalue weighted by molar-refractivity contribution is 5.88. The molecule has 1 aromatic heterocycles. The summed E-state index contributed by atoms with van der Waals surface area (Å²) in [5.74, 6) is -0.0834. The van der Waals surface area contributed by atoms with E-state index in [-0.39, 0.29) is 17.3 Å². The summed E-state index contributed by atoms with van der Waals surface area (Å²) >= 11 is 0. The summed E-state index contributed by atoms with van der Waals surface area (Å²) in [6, 6.07) is 6.90. The second-order valence-electron chi connectivity index (χ2n) is 5.61. The molecule has 0 saturated carbocycles. The predicted octanol–water partition coefficient (Wildman–Crippen LogP) is 2.08. The van der Waals surface area contributed by atoms with E-state index in [1.165, 1.54) is 0 Å². The van der Waals surface area contributed by atoms with Gasteiger partial charge in [-0.25, -0.2) is 9.66 Å². The highest BCUT2D eigenvalue weighted by Crippen LogP contribution is 2.14. The van der Waals surface area contributed by atoms with Crippen LogP contribution in [0.4, 0.5) is 0 Å². The number of hydrogen-bond acceptors (Lipinski definition) is 3. The average molecular weight is 274 g/mol. The molecular formula is C15H19N3O2. The fourth-order valence-corrected chi connectivity index (χ4v) is 1.72. The van der Waals surface area contributed by atoms with Gasteiger partial charge in [0, 0.05) is 13.2 Å². The molecule has 1 amide bonds. The van der Waals surface area contributed by atoms with Crippen LogP contribution in [0.3, 0.4) is 0 Å². The van der Waals surface area contributed by atoms with Crippen LogP contribution in [0.1, 0.15) is 34.9 Å². The van der Waals surface area contributed by atoms with Crippen molar-refractivity contribution in [3.63, 3.8) is 0 Å². The van der Waals surface area contributed by atoms with E-state index in [2.05, 4.69) is 10.4 Å². The van der Waals surface area contributed by atoms with Gasteiger partial charge in [0.1, 0.15) is 5.82 Å². The maximum atomic E-state index is 12.5. The van der Waals surface area contributed by atoms with Crippen molar-refractivity contribution in [2.75, 3.05) is 5.43 Å². The zero-order valence-electron chi connectivity index (χ0n) is 13.1. The van der Waals surface area contributed by atoms with E-state index in [4.69, 9.17) is 1.37 Å². The molecule has 1 N–H and O–H groups in total. The Hall–Kier alpha value is -2.17. The minimum absolute atomic E-state index is 0.219. The first-order valence-corrected chi connectivity index (χ1v) is 6.47. The van der Waals surface area contributed by atoms with Crippen molar-refractivity contribution in [2.45, 2.75) is 34.1 Å². The number of para-hydroxylation sites is 1. The molecule has 5 heteroatoms. The molecule has 5 nitrogen and oxygen atoms in total. The van der Waals surface area contributed by atoms with Crippen molar-refractivity contribution in [3.05, 3.63) is 40.4 Å². The van der Waals surface area contributed by atoms with Gasteiger partial charge in [-0.15, -0.1) is 0 Å². The normalized spacial score (nSPS) is 13.9. The highest BCUT2D eigenvalue weighted by Gasteiger charge is 2.23. The number of aromatic nitrogens is 2. The molecule has 2 aromatic rings. The Balaban J connectivity index is 2.66. The molecule has 1 unspecified atom stereocenters. The van der Waals surface area contributed by atoms with Crippen molar-refractivity contribution in [2.24, 2.45) is 5.41 Å². The minimum Gasteiger partial charge on any atom is -0.273 e. The number of hydrogen-bond donors (Lipinski definition) is 1. The van der Waals surface area contributed by atoms with Crippen LogP contribution < -0.4 is 11.0 Å². The van der Waals surface area contributed by atoms with Crippen molar-refractivity contribution in [3.8, 4) is 0 Å². The quantitative estimate of drug-likeness (QED) is 0.911. The highest BCUT2D eigenvalue weighted by atomic mass is 16.2. The van der Waals surface area contributed by atoms with Crippen molar-refractivity contribution < 1.29 is 6.17 Å². The van der Waals surface area contributed by atoms with Gasteiger partial charge < -0.3 is 0 Å². The second kappa shape index (κ2) is 5.07. The molecule has 1 atom stereocenters. The molecule has 106 valence electrons. The first-order chi connectivity index (χ1) is 9.71. The number of rotatable bonds is 2. The third-order valence-electron chi connectivity index (χ3n) is 2.95. The standard InChI is InChI=1S/C15H19N3O2/c1-5-12-16-11-9-7-6-8-10(11)13(19)18(12)17-14(20)15(2,3)4/h6-9H,5H2,1-4H3,(H,17,20)/i5D. The number of fused-ring (bicyclic) bond motifs is 1. The molecule has 0 fully saturated rings. The van der Waals surface area contributed by atoms with Crippen molar-refractivity contribution in [1.29, 1.82) is 0 Å². The van der Waals surface area contributed by atoms with Crippen LogP contribution in [0, 0.1) is 5.41 Å². The van der Waals surface area contributed by atoms with Gasteiger partial charge in [-0.1, -0.05) is 39.8 Å². The van der Waals surface area contributed by atoms with Crippen molar-refractivity contribution in [1.82, 2.24) is 9.66 Å². The molecule has 0 radical (unpaired) electrons. The Bertz CT molecular complexity index is 745. The Kier molecular flexibility index (Phi) is 3.26. The monoisotopic (exact) mass is 274 g/mol. The zero-order valence-corrected chi connectivity index (χ0v) is 12.1. The van der Waals surface area contributed by atoms with Crippen LogP contribution in [-0.4, -0.2) is 15.6 Å². The predicted molar refractivity (Wildman–Crippen MR) is 79.2 cm³/mol. The minimum atomic E-state index is -0.734. The molecule has 1 aromatic carbocycles. The van der Waals surface area contributed by atoms with E-state index in [1.807, 2.05) is 0 Å². The number of amides is 1. The second-order valence-corrected chi connectivity index (χ2v) is 5.61. The van der Waals surface area contributed by atoms with Gasteiger partial charge in [-0.2, -0.15) is 0 Å². The first-order valence-electron chi connectivity index (χ1n) is 7.05. The number of benzene rings is 1. The lowest BCUT2D eigenvalue weighted by atomic mass is 9.96. The summed E-state index contributed by atoms with van der Waals surface area (Å²) in [5.41, 5.74) is 2.09. The van der Waals surface area contributed by atoms with Gasteiger partial charge in [0.15, 0.2) is 0 Å². The fourth-order valence-electron chi connectivity index (χ4n) is 1.72. The third-order valence-corrected chi connectivity index (χ3v) is 2.95. The molecular weight excluding hydrogens is 254 g/mol. The van der Waals surface area contributed by atoms with Gasteiger partial charge in [0.2, 0.25) is 5.91 Å². The number of carbonyl (C=O) groups is 1. The lowest BCUT2D eigenvalue weighted by Crippen LogP contribution is -2.41. The van der Waals surface area contributed by atoms with E-state index in [0.29, 0.717) is 10.9 Å². The van der Waals surface area contributed by atoms with E-state index in [9.17, 15) is 9.59 Å². The summed E-state index contributed by atoms with van der Waals surface area (Å²) in [6.07, 6.45) is -0.734. The molecule has 1 heterocycles. The average Bonchev–Trinajstić information content (AvgIpc) is 2.40. The van der Waals surface area contributed by atoms with Crippen LogP contribution in [0.2, 0.25) is 0 Å². The van der Waals surface area contributed by atoms with E-state index in [0.717, 1.165) is 4.68 Å². The topological polar surface area (TPSA) is 64.0 Å². The summed E-state index contributed by atoms with van der Waals surface area (Å²) in [6.45, 7) is 6.87. The maximum absolute atomic E-state index is 12.5. The van der Waals surface area contributed by atoms with Gasteiger partial charge in [0.05, 0.1) is 10.9 Å². The summed E-state index contributed by atoms with van der Waals surface area (Å²) < 4.78 is 8.95. The molecule has 0 aliphatic carbocycles. The Labute approximate surface area is 119 Å². The van der Waals surface area contributed by atoms with Gasteiger partial charge in [0.25, 0.3) is 5.56 Å². The Morgan fingerprint density at radius 3 is 2.65 bits per heavy atom. The van der Waals surface area contributed by atoms with E-state index in [1.54, 1.807) is 52.0 Å². The van der Waals surface area contributed by atoms with Gasteiger partial charge in [-0.05, 0) is 12.1 Å². The van der Waals surface area contributed by atoms with Gasteiger partial charge >= 0.3 is 0 Å².